The van der Waals surface area contributed by atoms with E-state index < -0.39 is 0 Å². The Morgan fingerprint density at radius 1 is 0.343 bits per heavy atom. The molecule has 0 rings (SSSR count). The highest BCUT2D eigenvalue weighted by atomic mass is 16.5. The molecule has 0 saturated heterocycles. The predicted octanol–water partition coefficient (Wildman–Crippen LogP) is 17.0. The lowest BCUT2D eigenvalue weighted by molar-refractivity contribution is -0.146. The summed E-state index contributed by atoms with van der Waals surface area (Å²) in [5, 5.41) is 0. The van der Waals surface area contributed by atoms with Crippen molar-refractivity contribution >= 4 is 11.9 Å². The van der Waals surface area contributed by atoms with E-state index in [4.69, 9.17) is 23.7 Å². The van der Waals surface area contributed by atoms with Crippen LogP contribution in [0.1, 0.15) is 285 Å². The molecular weight excluding hydrogens is 835 g/mol. The summed E-state index contributed by atoms with van der Waals surface area (Å²) >= 11 is 0. The molecule has 0 fully saturated rings. The molecule has 0 atom stereocenters. The monoisotopic (exact) mass is 952 g/mol. The SMILES string of the molecule is CCCCCCCCC(CCCCCCCC)COC(=O)CCCCCCCN(CCCCCCCC(=O)OCC(CCCCCCCC)CCCCCCCC)CCOCCOCCOC. The molecule has 400 valence electrons. The maximum atomic E-state index is 12.7. The van der Waals surface area contributed by atoms with E-state index in [1.54, 1.807) is 7.11 Å². The first-order chi connectivity index (χ1) is 33.0. The Morgan fingerprint density at radius 3 is 1.00 bits per heavy atom. The third-order valence-corrected chi connectivity index (χ3v) is 13.9. The minimum absolute atomic E-state index is 0.00686. The van der Waals surface area contributed by atoms with Crippen LogP contribution < -0.4 is 0 Å². The van der Waals surface area contributed by atoms with Crippen LogP contribution in [0.3, 0.4) is 0 Å². The molecule has 0 saturated carbocycles. The Kier molecular flexibility index (Phi) is 54.7. The Bertz CT molecular complexity index is 883. The van der Waals surface area contributed by atoms with Crippen LogP contribution in [0.5, 0.6) is 0 Å². The fourth-order valence-corrected chi connectivity index (χ4v) is 9.30. The molecule has 0 aliphatic heterocycles. The molecule has 8 nitrogen and oxygen atoms in total. The Morgan fingerprint density at radius 2 is 0.642 bits per heavy atom. The third kappa shape index (κ3) is 51.0. The molecule has 0 amide bonds. The first-order valence-electron chi connectivity index (χ1n) is 29.7. The van der Waals surface area contributed by atoms with Crippen molar-refractivity contribution in [2.24, 2.45) is 11.8 Å². The number of carbonyl (C=O) groups excluding carboxylic acids is 2. The minimum atomic E-state index is 0.00686. The normalized spacial score (nSPS) is 11.8. The summed E-state index contributed by atoms with van der Waals surface area (Å²) < 4.78 is 28.3. The van der Waals surface area contributed by atoms with Gasteiger partial charge in [-0.2, -0.15) is 0 Å². The first-order valence-corrected chi connectivity index (χ1v) is 29.7. The second kappa shape index (κ2) is 55.7. The molecule has 0 aromatic rings. The van der Waals surface area contributed by atoms with Gasteiger partial charge in [0.25, 0.3) is 0 Å². The quantitative estimate of drug-likeness (QED) is 0.0440. The topological polar surface area (TPSA) is 83.5 Å². The van der Waals surface area contributed by atoms with Gasteiger partial charge in [0.1, 0.15) is 0 Å². The van der Waals surface area contributed by atoms with Gasteiger partial charge in [-0.3, -0.25) is 9.59 Å². The standard InChI is InChI=1S/C59H117NO7/c1-6-10-14-18-24-32-40-56(41-33-25-19-15-11-7-2)54-66-58(61)44-36-28-22-30-38-46-60(48-49-64-52-53-65-51-50-63-5)47-39-31-23-29-37-45-59(62)67-55-57(42-34-26-20-16-12-8-3)43-35-27-21-17-13-9-4/h56-57H,6-55H2,1-5H3. The molecule has 0 N–H and O–H groups in total. The second-order valence-electron chi connectivity index (χ2n) is 20.4. The molecule has 0 radical (unpaired) electrons. The summed E-state index contributed by atoms with van der Waals surface area (Å²) in [7, 11) is 1.69. The van der Waals surface area contributed by atoms with Crippen molar-refractivity contribution < 1.29 is 33.3 Å². The number of hydrogen-bond acceptors (Lipinski definition) is 8. The zero-order chi connectivity index (χ0) is 48.8. The van der Waals surface area contributed by atoms with Gasteiger partial charge in [0.2, 0.25) is 0 Å². The smallest absolute Gasteiger partial charge is 0.305 e. The summed E-state index contributed by atoms with van der Waals surface area (Å²) in [6.45, 7) is 16.6. The van der Waals surface area contributed by atoms with E-state index in [0.29, 0.717) is 64.3 Å². The van der Waals surface area contributed by atoms with Crippen LogP contribution in [-0.2, 0) is 33.3 Å². The van der Waals surface area contributed by atoms with Crippen LogP contribution in [-0.4, -0.2) is 89.8 Å². The van der Waals surface area contributed by atoms with Gasteiger partial charge in [0.15, 0.2) is 0 Å². The van der Waals surface area contributed by atoms with E-state index in [9.17, 15) is 9.59 Å². The average molecular weight is 953 g/mol. The van der Waals surface area contributed by atoms with Gasteiger partial charge in [0.05, 0.1) is 46.2 Å². The van der Waals surface area contributed by atoms with Crippen molar-refractivity contribution in [3.63, 3.8) is 0 Å². The minimum Gasteiger partial charge on any atom is -0.465 e. The van der Waals surface area contributed by atoms with E-state index in [-0.39, 0.29) is 11.9 Å². The lowest BCUT2D eigenvalue weighted by Gasteiger charge is -2.22. The van der Waals surface area contributed by atoms with Crippen LogP contribution in [0, 0.1) is 11.8 Å². The van der Waals surface area contributed by atoms with Gasteiger partial charge in [-0.25, -0.2) is 0 Å². The van der Waals surface area contributed by atoms with E-state index in [1.807, 2.05) is 0 Å². The summed E-state index contributed by atoms with van der Waals surface area (Å²) in [6, 6.07) is 0. The number of nitrogens with zero attached hydrogens (tertiary/aromatic N) is 1. The summed E-state index contributed by atoms with van der Waals surface area (Å²) in [6.07, 6.45) is 48.8. The molecule has 0 bridgehead atoms. The maximum Gasteiger partial charge on any atom is 0.305 e. The fraction of sp³-hybridized carbons (Fsp3) is 0.966. The fourth-order valence-electron chi connectivity index (χ4n) is 9.30. The number of carbonyl (C=O) groups is 2. The highest BCUT2D eigenvalue weighted by Crippen LogP contribution is 2.22. The number of methoxy groups -OCH3 is 1. The molecule has 0 unspecified atom stereocenters. The van der Waals surface area contributed by atoms with Gasteiger partial charge in [-0.05, 0) is 76.3 Å². The van der Waals surface area contributed by atoms with Gasteiger partial charge < -0.3 is 28.6 Å². The van der Waals surface area contributed by atoms with E-state index in [1.165, 1.54) is 205 Å². The zero-order valence-corrected chi connectivity index (χ0v) is 45.8. The van der Waals surface area contributed by atoms with Crippen molar-refractivity contribution in [2.75, 3.05) is 73.0 Å². The Balaban J connectivity index is 4.54. The molecule has 0 spiro atoms. The molecule has 0 aliphatic carbocycles. The van der Waals surface area contributed by atoms with E-state index in [2.05, 4.69) is 32.6 Å². The Labute approximate surface area is 418 Å². The maximum absolute atomic E-state index is 12.7. The molecule has 0 aliphatic rings. The molecular formula is C59H117NO7. The van der Waals surface area contributed by atoms with Crippen molar-refractivity contribution in [3.8, 4) is 0 Å². The third-order valence-electron chi connectivity index (χ3n) is 13.9. The van der Waals surface area contributed by atoms with Crippen LogP contribution in [0.25, 0.3) is 0 Å². The van der Waals surface area contributed by atoms with Crippen LogP contribution in [0.4, 0.5) is 0 Å². The lowest BCUT2D eigenvalue weighted by Crippen LogP contribution is -2.30. The second-order valence-corrected chi connectivity index (χ2v) is 20.4. The first kappa shape index (κ1) is 65.8. The summed E-state index contributed by atoms with van der Waals surface area (Å²) in [5.41, 5.74) is 0. The number of unbranched alkanes of at least 4 members (excludes halogenated alkanes) is 28. The van der Waals surface area contributed by atoms with Crippen molar-refractivity contribution in [1.82, 2.24) is 4.90 Å². The van der Waals surface area contributed by atoms with E-state index in [0.717, 1.165) is 64.8 Å². The average Bonchev–Trinajstić information content (AvgIpc) is 3.33. The summed E-state index contributed by atoms with van der Waals surface area (Å²) in [4.78, 5) is 28.0. The van der Waals surface area contributed by atoms with Gasteiger partial charge in [-0.1, -0.05) is 220 Å². The van der Waals surface area contributed by atoms with Crippen molar-refractivity contribution in [1.29, 1.82) is 0 Å². The molecule has 0 aromatic carbocycles. The van der Waals surface area contributed by atoms with Crippen LogP contribution in [0.2, 0.25) is 0 Å². The van der Waals surface area contributed by atoms with Gasteiger partial charge >= 0.3 is 11.9 Å². The lowest BCUT2D eigenvalue weighted by atomic mass is 9.94. The molecule has 67 heavy (non-hydrogen) atoms. The molecule has 0 heterocycles. The highest BCUT2D eigenvalue weighted by molar-refractivity contribution is 5.69. The molecule has 0 aromatic heterocycles. The van der Waals surface area contributed by atoms with E-state index >= 15 is 0 Å². The summed E-state index contributed by atoms with van der Waals surface area (Å²) in [5.74, 6) is 1.07. The van der Waals surface area contributed by atoms with Crippen LogP contribution >= 0.6 is 0 Å². The molecule has 8 heteroatoms. The predicted molar refractivity (Wildman–Crippen MR) is 286 cm³/mol. The van der Waals surface area contributed by atoms with Crippen LogP contribution in [0.15, 0.2) is 0 Å². The Hall–Kier alpha value is -1.22. The van der Waals surface area contributed by atoms with Gasteiger partial charge in [0, 0.05) is 26.5 Å². The number of hydrogen-bond donors (Lipinski definition) is 0. The number of ether oxygens (including phenoxy) is 5. The largest absolute Gasteiger partial charge is 0.465 e. The van der Waals surface area contributed by atoms with Gasteiger partial charge in [-0.15, -0.1) is 0 Å². The number of rotatable bonds is 57. The zero-order valence-electron chi connectivity index (χ0n) is 45.8. The highest BCUT2D eigenvalue weighted by Gasteiger charge is 2.14. The van der Waals surface area contributed by atoms with Crippen molar-refractivity contribution in [2.45, 2.75) is 285 Å². The number of esters is 2. The van der Waals surface area contributed by atoms with Crippen molar-refractivity contribution in [3.05, 3.63) is 0 Å².